The molecule has 1 N–H and O–H groups in total. The molecule has 1 atom stereocenters. The number of aliphatic hydroxyl groups excluding tert-OH is 1. The highest BCUT2D eigenvalue weighted by atomic mass is 19.1. The molecule has 0 amide bonds. The van der Waals surface area contributed by atoms with Gasteiger partial charge in [-0.25, -0.2) is 22.4 Å². The van der Waals surface area contributed by atoms with Crippen LogP contribution in [0.4, 0.5) is 17.6 Å². The molecule has 0 bridgehead atoms. The first kappa shape index (κ1) is 34.2. The molecule has 3 nitrogen and oxygen atoms in total. The monoisotopic (exact) mass is 616 g/mol. The molecule has 1 unspecified atom stereocenters. The van der Waals surface area contributed by atoms with Crippen LogP contribution in [-0.4, -0.2) is 24.3 Å². The molecule has 0 heterocycles. The van der Waals surface area contributed by atoms with Crippen molar-refractivity contribution in [3.63, 3.8) is 0 Å². The van der Waals surface area contributed by atoms with Crippen molar-refractivity contribution >= 4 is 5.97 Å². The minimum Gasteiger partial charge on any atom is -0.462 e. The Balaban J connectivity index is 1.41. The van der Waals surface area contributed by atoms with Gasteiger partial charge in [-0.2, -0.15) is 0 Å². The summed E-state index contributed by atoms with van der Waals surface area (Å²) >= 11 is 0. The van der Waals surface area contributed by atoms with Gasteiger partial charge in [-0.3, -0.25) is 0 Å². The average Bonchev–Trinajstić information content (AvgIpc) is 2.99. The SMILES string of the molecule is C=C(C)C(=O)OCC(CCO)c1c(F)cc(-c2c(F)cc(C3CCC(C4CCC(CCCCC)CC4)CC3)cc2F)cc1F. The molecular formula is C37H48F4O3. The van der Waals surface area contributed by atoms with E-state index in [1.54, 1.807) is 0 Å². The fourth-order valence-corrected chi connectivity index (χ4v) is 7.54. The van der Waals surface area contributed by atoms with Crippen molar-refractivity contribution in [1.82, 2.24) is 0 Å². The van der Waals surface area contributed by atoms with Crippen molar-refractivity contribution in [3.05, 3.63) is 70.8 Å². The molecule has 2 saturated carbocycles. The summed E-state index contributed by atoms with van der Waals surface area (Å²) in [6, 6.07) is 4.43. The van der Waals surface area contributed by atoms with Gasteiger partial charge in [-0.15, -0.1) is 0 Å². The molecule has 2 fully saturated rings. The van der Waals surface area contributed by atoms with E-state index in [1.165, 1.54) is 70.4 Å². The topological polar surface area (TPSA) is 46.5 Å². The lowest BCUT2D eigenvalue weighted by atomic mass is 9.68. The predicted octanol–water partition coefficient (Wildman–Crippen LogP) is 10.2. The van der Waals surface area contributed by atoms with Crippen LogP contribution in [0.5, 0.6) is 0 Å². The molecule has 0 aliphatic heterocycles. The molecule has 4 rings (SSSR count). The van der Waals surface area contributed by atoms with Gasteiger partial charge in [0, 0.05) is 23.7 Å². The lowest BCUT2D eigenvalue weighted by Gasteiger charge is -2.38. The number of rotatable bonds is 13. The van der Waals surface area contributed by atoms with Gasteiger partial charge >= 0.3 is 5.97 Å². The third kappa shape index (κ3) is 8.52. The number of ether oxygens (including phenoxy) is 1. The summed E-state index contributed by atoms with van der Waals surface area (Å²) in [4.78, 5) is 11.8. The molecule has 44 heavy (non-hydrogen) atoms. The Morgan fingerprint density at radius 3 is 1.98 bits per heavy atom. The van der Waals surface area contributed by atoms with Crippen LogP contribution in [0.3, 0.4) is 0 Å². The number of hydrogen-bond acceptors (Lipinski definition) is 3. The van der Waals surface area contributed by atoms with Crippen LogP contribution in [0.15, 0.2) is 36.4 Å². The van der Waals surface area contributed by atoms with Crippen molar-refractivity contribution in [2.45, 2.75) is 109 Å². The van der Waals surface area contributed by atoms with Crippen molar-refractivity contribution in [1.29, 1.82) is 0 Å². The Labute approximate surface area is 260 Å². The molecule has 242 valence electrons. The molecule has 2 aromatic carbocycles. The van der Waals surface area contributed by atoms with E-state index in [1.807, 2.05) is 0 Å². The highest BCUT2D eigenvalue weighted by molar-refractivity contribution is 5.86. The fourth-order valence-electron chi connectivity index (χ4n) is 7.54. The number of esters is 1. The average molecular weight is 617 g/mol. The maximum atomic E-state index is 15.4. The summed E-state index contributed by atoms with van der Waals surface area (Å²) in [5.41, 5.74) is -0.406. The van der Waals surface area contributed by atoms with E-state index < -0.39 is 52.9 Å². The van der Waals surface area contributed by atoms with E-state index in [0.717, 1.165) is 49.7 Å². The summed E-state index contributed by atoms with van der Waals surface area (Å²) in [6.07, 6.45) is 14.4. The second kappa shape index (κ2) is 16.1. The maximum absolute atomic E-state index is 15.4. The van der Waals surface area contributed by atoms with E-state index in [9.17, 15) is 9.90 Å². The summed E-state index contributed by atoms with van der Waals surface area (Å²) in [6.45, 7) is 6.39. The lowest BCUT2D eigenvalue weighted by molar-refractivity contribution is -0.139. The van der Waals surface area contributed by atoms with E-state index >= 15 is 17.6 Å². The van der Waals surface area contributed by atoms with Crippen LogP contribution in [0.1, 0.15) is 120 Å². The Morgan fingerprint density at radius 2 is 1.45 bits per heavy atom. The van der Waals surface area contributed by atoms with Gasteiger partial charge in [-0.05, 0) is 111 Å². The number of benzene rings is 2. The van der Waals surface area contributed by atoms with Crippen LogP contribution >= 0.6 is 0 Å². The van der Waals surface area contributed by atoms with E-state index in [4.69, 9.17) is 4.74 Å². The molecule has 2 aliphatic rings. The van der Waals surface area contributed by atoms with E-state index in [-0.39, 0.29) is 30.1 Å². The normalized spacial score (nSPS) is 22.9. The predicted molar refractivity (Wildman–Crippen MR) is 166 cm³/mol. The Morgan fingerprint density at radius 1 is 0.886 bits per heavy atom. The first-order valence-corrected chi connectivity index (χ1v) is 16.5. The molecule has 0 saturated heterocycles. The highest BCUT2D eigenvalue weighted by Gasteiger charge is 2.32. The second-order valence-corrected chi connectivity index (χ2v) is 13.2. The van der Waals surface area contributed by atoms with Crippen molar-refractivity contribution < 1.29 is 32.2 Å². The van der Waals surface area contributed by atoms with Gasteiger partial charge in [-0.1, -0.05) is 52.0 Å². The Hall–Kier alpha value is -2.67. The molecule has 0 aromatic heterocycles. The van der Waals surface area contributed by atoms with Crippen LogP contribution in [0.25, 0.3) is 11.1 Å². The lowest BCUT2D eigenvalue weighted by Crippen LogP contribution is -2.25. The summed E-state index contributed by atoms with van der Waals surface area (Å²) in [5.74, 6) is -3.07. The molecule has 7 heteroatoms. The fraction of sp³-hybridized carbons (Fsp3) is 0.595. The van der Waals surface area contributed by atoms with Crippen LogP contribution < -0.4 is 0 Å². The zero-order valence-corrected chi connectivity index (χ0v) is 26.3. The number of unbranched alkanes of at least 4 members (excludes halogenated alkanes) is 2. The van der Waals surface area contributed by atoms with Gasteiger partial charge in [0.1, 0.15) is 23.3 Å². The quantitative estimate of drug-likeness (QED) is 0.105. The third-order valence-corrected chi connectivity index (χ3v) is 10.1. The zero-order valence-electron chi connectivity index (χ0n) is 26.3. The number of carbonyl (C=O) groups is 1. The minimum atomic E-state index is -1.03. The van der Waals surface area contributed by atoms with Gasteiger partial charge in [0.25, 0.3) is 0 Å². The number of hydrogen-bond donors (Lipinski definition) is 1. The van der Waals surface area contributed by atoms with Gasteiger partial charge < -0.3 is 9.84 Å². The standard InChI is InChI=1S/C37H48F4O3/c1-4-5-6-7-24-8-10-25(11-9-24)26-12-14-27(15-13-26)29-18-31(38)36(32(39)19-29)30-20-33(40)35(34(41)21-30)28(16-17-42)22-44-37(43)23(2)3/h18-21,24-28,42H,2,4-17,22H2,1,3H3. The summed E-state index contributed by atoms with van der Waals surface area (Å²) in [7, 11) is 0. The zero-order chi connectivity index (χ0) is 31.8. The second-order valence-electron chi connectivity index (χ2n) is 13.2. The Kier molecular flexibility index (Phi) is 12.5. The molecule has 0 spiro atoms. The Bertz CT molecular complexity index is 1230. The number of carbonyl (C=O) groups excluding carboxylic acids is 1. The van der Waals surface area contributed by atoms with Gasteiger partial charge in [0.05, 0.1) is 12.2 Å². The highest BCUT2D eigenvalue weighted by Crippen LogP contribution is 2.45. The van der Waals surface area contributed by atoms with Crippen LogP contribution in [-0.2, 0) is 9.53 Å². The summed E-state index contributed by atoms with van der Waals surface area (Å²) < 4.78 is 66.4. The van der Waals surface area contributed by atoms with Crippen molar-refractivity contribution in [2.75, 3.05) is 13.2 Å². The molecule has 2 aromatic rings. The summed E-state index contributed by atoms with van der Waals surface area (Å²) in [5, 5.41) is 9.41. The van der Waals surface area contributed by atoms with Gasteiger partial charge in [0.15, 0.2) is 0 Å². The largest absolute Gasteiger partial charge is 0.462 e. The molecule has 2 aliphatic carbocycles. The minimum absolute atomic E-state index is 0.0617. The smallest absolute Gasteiger partial charge is 0.333 e. The van der Waals surface area contributed by atoms with E-state index in [0.29, 0.717) is 11.5 Å². The third-order valence-electron chi connectivity index (χ3n) is 10.1. The van der Waals surface area contributed by atoms with Gasteiger partial charge in [0.2, 0.25) is 0 Å². The first-order chi connectivity index (χ1) is 21.1. The number of halogens is 4. The molecular weight excluding hydrogens is 568 g/mol. The van der Waals surface area contributed by atoms with E-state index in [2.05, 4.69) is 13.5 Å². The molecule has 0 radical (unpaired) electrons. The van der Waals surface area contributed by atoms with Crippen LogP contribution in [0, 0.1) is 41.0 Å². The van der Waals surface area contributed by atoms with Crippen molar-refractivity contribution in [2.24, 2.45) is 17.8 Å². The number of aliphatic hydroxyl groups is 1. The maximum Gasteiger partial charge on any atom is 0.333 e. The van der Waals surface area contributed by atoms with Crippen molar-refractivity contribution in [3.8, 4) is 11.1 Å². The first-order valence-electron chi connectivity index (χ1n) is 16.5. The van der Waals surface area contributed by atoms with Crippen LogP contribution in [0.2, 0.25) is 0 Å².